The number of primary amides is 1. The summed E-state index contributed by atoms with van der Waals surface area (Å²) in [7, 11) is -1.76. The number of ether oxygens (including phenoxy) is 12. The van der Waals surface area contributed by atoms with Gasteiger partial charge in [0.2, 0.25) is 45.5 Å². The molecule has 6 fully saturated rings. The number of benzene rings is 2. The molecule has 53 heteroatoms. The number of sulfonamides is 1. The third-order valence-electron chi connectivity index (χ3n) is 21.6. The maximum atomic E-state index is 15.6. The highest BCUT2D eigenvalue weighted by Gasteiger charge is 2.51. The van der Waals surface area contributed by atoms with Crippen LogP contribution in [0.5, 0.6) is 0 Å². The molecule has 6 aliphatic heterocycles. The van der Waals surface area contributed by atoms with Gasteiger partial charge in [0.1, 0.15) is 146 Å². The van der Waals surface area contributed by atoms with Crippen molar-refractivity contribution in [3.8, 4) is 0 Å². The number of carbonyl (C=O) groups excluding carboxylic acids is 6. The second-order valence-corrected chi connectivity index (χ2v) is 32.2. The second kappa shape index (κ2) is 48.1. The van der Waals surface area contributed by atoms with Gasteiger partial charge >= 0.3 is 0 Å². The maximum Gasteiger partial charge on any atom is 0.244 e. The molecule has 0 radical (unpaired) electrons. The molecule has 52 nitrogen and oxygen atoms in total. The van der Waals surface area contributed by atoms with Gasteiger partial charge in [0, 0.05) is 69.8 Å². The predicted octanol–water partition coefficient (Wildman–Crippen LogP) is -18.6. The zero-order valence-electron chi connectivity index (χ0n) is 67.8. The van der Waals surface area contributed by atoms with Gasteiger partial charge in [-0.1, -0.05) is 24.3 Å². The molecule has 0 aliphatic carbocycles. The summed E-state index contributed by atoms with van der Waals surface area (Å²) >= 11 is 0. The molecule has 0 saturated carbocycles. The summed E-state index contributed by atoms with van der Waals surface area (Å²) in [5.41, 5.74) is 6.06. The van der Waals surface area contributed by atoms with Crippen LogP contribution < -0.4 is 10.6 Å². The lowest BCUT2D eigenvalue weighted by molar-refractivity contribution is -0.301. The van der Waals surface area contributed by atoms with Crippen LogP contribution in [0.15, 0.2) is 41.3 Å². The minimum absolute atomic E-state index is 0.0819. The number of aliphatic hydroxyl groups is 24. The Labute approximate surface area is 713 Å². The Morgan fingerprint density at radius 3 is 0.776 bits per heavy atom. The molecule has 2 aromatic rings. The highest BCUT2D eigenvalue weighted by molar-refractivity contribution is 7.89. The van der Waals surface area contributed by atoms with Crippen LogP contribution in [-0.4, -0.2) is 551 Å². The number of fused-ring (bicyclic) bond motifs is 1. The van der Waals surface area contributed by atoms with Crippen molar-refractivity contribution >= 4 is 61.9 Å². The van der Waals surface area contributed by atoms with Crippen LogP contribution in [0.1, 0.15) is 0 Å². The standard InChI is InChI=1S/C72H116N8O44S/c1-74(2)35-7-3-6-34-33(35)5-4-8-42(34)125(111,112)80(14-20-118-72-66(110)60(104)54(98)41(32-86)124-72)26-48(92)79(13-19-117-71-65(109)59(103)53(97)40(31-85)123-71)25-47(91)78(12-18-116-70-64(108)58(102)52(96)39(30-84)122-70)24-46(90)77(11-17-115-69-63(107)57(101)51(95)38(29-83)121-69)23-45(89)76(10-16-114-68-62(106)56(100)50(94)37(28-82)120-68)22-44(88)75(21-43(73)87)9-15-113-67-61(105)55(99)49(93)36(27-81)119-67/h3-8,36-41,49-72,81-86,93-110H,9-32H2,1-2H3,(H2,73,87)/t36-,37-,38-,39-,40-,41-,49+,50+,51+,52+,53+,54+,55-,56-,57-,58-,59-,60-,61+,62+,63+,64+,65+,66+,67-,68-,69-,70-,71-,72-/m0/s1. The molecule has 6 aliphatic rings. The number of hydrogen-bond acceptors (Lipinski definition) is 45. The first-order valence-electron chi connectivity index (χ1n) is 39.6. The first kappa shape index (κ1) is 104. The van der Waals surface area contributed by atoms with Gasteiger partial charge < -0.3 is 215 Å². The number of nitrogens with two attached hydrogens (primary N) is 1. The summed E-state index contributed by atoms with van der Waals surface area (Å²) in [6.45, 7) is -23.5. The Hall–Kier alpha value is -6.21. The van der Waals surface area contributed by atoms with Crippen LogP contribution >= 0.6 is 0 Å². The molecule has 0 spiro atoms. The fraction of sp³-hybridized carbons (Fsp3) is 0.778. The highest BCUT2D eigenvalue weighted by Crippen LogP contribution is 2.34. The van der Waals surface area contributed by atoms with Crippen molar-refractivity contribution in [3.05, 3.63) is 36.4 Å². The summed E-state index contributed by atoms with van der Waals surface area (Å²) in [5.74, 6) is -7.84. The number of rotatable bonds is 45. The smallest absolute Gasteiger partial charge is 0.244 e. The van der Waals surface area contributed by atoms with E-state index >= 15 is 27.6 Å². The Morgan fingerprint density at radius 2 is 0.536 bits per heavy atom. The van der Waals surface area contributed by atoms with E-state index in [0.29, 0.717) is 39.9 Å². The summed E-state index contributed by atoms with van der Waals surface area (Å²) in [6, 6.07) is 8.77. The van der Waals surface area contributed by atoms with Gasteiger partial charge in [-0.25, -0.2) is 8.42 Å². The highest BCUT2D eigenvalue weighted by atomic mass is 32.2. The van der Waals surface area contributed by atoms with Gasteiger partial charge in [0.15, 0.2) is 37.7 Å². The normalized spacial score (nSPS) is 34.0. The fourth-order valence-corrected chi connectivity index (χ4v) is 15.7. The van der Waals surface area contributed by atoms with Gasteiger partial charge in [-0.2, -0.15) is 4.31 Å². The molecule has 8 rings (SSSR count). The van der Waals surface area contributed by atoms with Crippen molar-refractivity contribution in [2.45, 2.75) is 189 Å². The third-order valence-corrected chi connectivity index (χ3v) is 23.5. The Balaban J connectivity index is 1.18. The maximum absolute atomic E-state index is 15.6. The van der Waals surface area contributed by atoms with E-state index < -0.39 is 392 Å². The van der Waals surface area contributed by atoms with Crippen LogP contribution in [-0.2, 0) is 95.6 Å². The van der Waals surface area contributed by atoms with E-state index in [4.69, 9.17) is 62.6 Å². The van der Waals surface area contributed by atoms with Crippen LogP contribution in [0.25, 0.3) is 10.8 Å². The van der Waals surface area contributed by atoms with Gasteiger partial charge in [-0.3, -0.25) is 28.8 Å². The largest absolute Gasteiger partial charge is 0.394 e. The van der Waals surface area contributed by atoms with Crippen LogP contribution in [0.4, 0.5) is 5.69 Å². The SMILES string of the molecule is CN(C)c1cccc2c(S(=O)(=O)N(CCO[C@H]3O[C@@H](CO)[C@@H](O)[C@H](O)[C@H]3O)CC(=O)N(CCO[C@H]3O[C@@H](CO)[C@@H](O)[C@H](O)[C@H]3O)CC(=O)N(CCO[C@H]3O[C@@H](CO)[C@@H](O)[C@H](O)[C@H]3O)CC(=O)N(CCO[C@H]3O[C@@H](CO)[C@@H](O)[C@H](O)[C@H]3O)CC(=O)N(CCO[C@H]3O[C@@H](CO)[C@@H](O)[C@H](O)[C@H]3O)CC(=O)N(CCO[C@H]3O[C@@H](CO)[C@@H](O)[C@H](O)[C@H]3O)CC(N)=O)cccc12. The number of hydrogen-bond donors (Lipinski definition) is 25. The fourth-order valence-electron chi connectivity index (χ4n) is 14.2. The van der Waals surface area contributed by atoms with E-state index in [9.17, 15) is 132 Å². The molecule has 6 saturated heterocycles. The first-order valence-corrected chi connectivity index (χ1v) is 41.0. The number of anilines is 1. The van der Waals surface area contributed by atoms with Gasteiger partial charge in [0.25, 0.3) is 0 Å². The van der Waals surface area contributed by atoms with Crippen molar-refractivity contribution in [1.82, 2.24) is 28.8 Å². The minimum Gasteiger partial charge on any atom is -0.394 e. The van der Waals surface area contributed by atoms with Crippen molar-refractivity contribution in [1.29, 1.82) is 0 Å². The first-order chi connectivity index (χ1) is 59.2. The van der Waals surface area contributed by atoms with E-state index in [-0.39, 0.29) is 5.39 Å². The summed E-state index contributed by atoms with van der Waals surface area (Å²) in [4.78, 5) is 93.7. The average Bonchev–Trinajstić information content (AvgIpc) is 0.759. The average molecular weight is 1830 g/mol. The molecule has 2 aromatic carbocycles. The number of amides is 6. The quantitative estimate of drug-likeness (QED) is 0.0293. The predicted molar refractivity (Wildman–Crippen MR) is 407 cm³/mol. The zero-order chi connectivity index (χ0) is 92.3. The van der Waals surface area contributed by atoms with Crippen molar-refractivity contribution in [2.24, 2.45) is 5.73 Å². The topological polar surface area (TPSA) is 782 Å². The summed E-state index contributed by atoms with van der Waals surface area (Å²) in [5, 5.41) is 253. The van der Waals surface area contributed by atoms with Crippen LogP contribution in [0.2, 0.25) is 0 Å². The van der Waals surface area contributed by atoms with E-state index in [2.05, 4.69) is 0 Å². The lowest BCUT2D eigenvalue weighted by Gasteiger charge is -2.40. The van der Waals surface area contributed by atoms with Gasteiger partial charge in [-0.05, 0) is 12.1 Å². The lowest BCUT2D eigenvalue weighted by atomic mass is 9.99. The van der Waals surface area contributed by atoms with E-state index in [1.165, 1.54) is 24.3 Å². The zero-order valence-corrected chi connectivity index (χ0v) is 68.6. The second-order valence-electron chi connectivity index (χ2n) is 30.3. The number of nitrogens with zero attached hydrogens (tertiary/aromatic N) is 7. The van der Waals surface area contributed by atoms with E-state index in [1.54, 1.807) is 31.1 Å². The molecule has 0 aromatic heterocycles. The van der Waals surface area contributed by atoms with Crippen LogP contribution in [0, 0.1) is 0 Å². The Morgan fingerprint density at radius 1 is 0.312 bits per heavy atom. The lowest BCUT2D eigenvalue weighted by Crippen LogP contribution is -2.59. The monoisotopic (exact) mass is 1830 g/mol. The molecule has 6 heterocycles. The molecule has 0 unspecified atom stereocenters. The summed E-state index contributed by atoms with van der Waals surface area (Å²) in [6.07, 6.45) is -57.0. The molecule has 125 heavy (non-hydrogen) atoms. The molecule has 26 N–H and O–H groups in total. The molecular formula is C72H116N8O44S. The van der Waals surface area contributed by atoms with Gasteiger partial charge in [-0.15, -0.1) is 0 Å². The van der Waals surface area contributed by atoms with Crippen LogP contribution in [0.3, 0.4) is 0 Å². The summed E-state index contributed by atoms with van der Waals surface area (Å²) < 4.78 is 98.5. The van der Waals surface area contributed by atoms with Crippen molar-refractivity contribution in [3.63, 3.8) is 0 Å². The molecule has 714 valence electrons. The molecular weight excluding hydrogens is 1710 g/mol. The van der Waals surface area contributed by atoms with E-state index in [1.807, 2.05) is 0 Å². The van der Waals surface area contributed by atoms with Gasteiger partial charge in [0.05, 0.1) is 123 Å². The molecule has 6 amide bonds. The Kier molecular flexibility index (Phi) is 40.1. The number of carbonyl (C=O) groups is 6. The Bertz CT molecular complexity index is 3850. The van der Waals surface area contributed by atoms with Crippen molar-refractivity contribution < 1.29 is 217 Å². The number of aliphatic hydroxyl groups excluding tert-OH is 24. The van der Waals surface area contributed by atoms with Crippen molar-refractivity contribution in [2.75, 3.05) is 177 Å². The minimum atomic E-state index is -5.09. The van der Waals surface area contributed by atoms with E-state index in [0.717, 1.165) is 0 Å². The molecule has 0 bridgehead atoms. The third kappa shape index (κ3) is 26.1. The molecule has 30 atom stereocenters.